The summed E-state index contributed by atoms with van der Waals surface area (Å²) < 4.78 is 19.5. The van der Waals surface area contributed by atoms with Crippen LogP contribution in [0.15, 0.2) is 0 Å². The van der Waals surface area contributed by atoms with Crippen LogP contribution in [0.1, 0.15) is 79.6 Å². The molecule has 0 bridgehead atoms. The van der Waals surface area contributed by atoms with Crippen molar-refractivity contribution < 1.29 is 24.4 Å². The Hall–Kier alpha value is -0.200. The average molecular weight is 397 g/mol. The highest BCUT2D eigenvalue weighted by Gasteiger charge is 2.70. The predicted molar refractivity (Wildman–Crippen MR) is 107 cm³/mol. The highest BCUT2D eigenvalue weighted by molar-refractivity contribution is 5.18. The van der Waals surface area contributed by atoms with Gasteiger partial charge in [-0.2, -0.15) is 0 Å². The lowest BCUT2D eigenvalue weighted by molar-refractivity contribution is -0.359. The van der Waals surface area contributed by atoms with E-state index in [9.17, 15) is 10.2 Å². The van der Waals surface area contributed by atoms with Crippen molar-refractivity contribution in [2.24, 2.45) is 22.7 Å². The van der Waals surface area contributed by atoms with Crippen LogP contribution in [0.5, 0.6) is 0 Å². The molecule has 2 heterocycles. The summed E-state index contributed by atoms with van der Waals surface area (Å²) in [7, 11) is 0. The Kier molecular flexibility index (Phi) is 5.00. The van der Waals surface area contributed by atoms with Crippen LogP contribution >= 0.6 is 0 Å². The van der Waals surface area contributed by atoms with Gasteiger partial charge in [0.2, 0.25) is 0 Å². The Bertz CT molecular complexity index is 608. The summed E-state index contributed by atoms with van der Waals surface area (Å²) >= 11 is 0. The molecule has 0 aromatic rings. The van der Waals surface area contributed by atoms with Gasteiger partial charge in [0.05, 0.1) is 30.5 Å². The van der Waals surface area contributed by atoms with Crippen molar-refractivity contribution in [2.45, 2.75) is 103 Å². The van der Waals surface area contributed by atoms with E-state index < -0.39 is 11.4 Å². The first-order valence-corrected chi connectivity index (χ1v) is 11.3. The van der Waals surface area contributed by atoms with Gasteiger partial charge in [-0.15, -0.1) is 0 Å². The van der Waals surface area contributed by atoms with Gasteiger partial charge < -0.3 is 24.4 Å². The standard InChI is InChI=1S/C23H40O5/c1-16-6-7-17-20(4)15-26-19(2,3)27-18(20)8-9-21(17,5)23(16)11-10-22(14-25,28-23)12-13-24/h16-18,24-25H,6-15H2,1-5H3/t16-,17-,18+,20+,21+,22-,23+/m1/s1. The molecule has 0 radical (unpaired) electrons. The SMILES string of the molecule is C[C@@H]1CC[C@@H]2[C@]3(C)COC(C)(C)O[C@H]3CC[C@]2(C)[C@]12CC[C@](CO)(CCO)O2. The molecule has 0 unspecified atom stereocenters. The van der Waals surface area contributed by atoms with Crippen LogP contribution in [0.4, 0.5) is 0 Å². The molecule has 0 aromatic carbocycles. The minimum atomic E-state index is -0.590. The van der Waals surface area contributed by atoms with Gasteiger partial charge in [0.1, 0.15) is 0 Å². The largest absolute Gasteiger partial charge is 0.396 e. The number of aliphatic hydroxyl groups is 2. The lowest BCUT2D eigenvalue weighted by Gasteiger charge is -2.67. The van der Waals surface area contributed by atoms with Crippen molar-refractivity contribution in [1.29, 1.82) is 0 Å². The second kappa shape index (κ2) is 6.65. The Labute approximate surface area is 170 Å². The van der Waals surface area contributed by atoms with Gasteiger partial charge in [0.25, 0.3) is 0 Å². The second-order valence-corrected chi connectivity index (χ2v) is 11.1. The van der Waals surface area contributed by atoms with Crippen LogP contribution in [0.3, 0.4) is 0 Å². The average Bonchev–Trinajstić information content (AvgIpc) is 3.03. The van der Waals surface area contributed by atoms with Crippen LogP contribution in [0.25, 0.3) is 0 Å². The Morgan fingerprint density at radius 3 is 2.39 bits per heavy atom. The number of rotatable bonds is 3. The molecule has 0 amide bonds. The van der Waals surface area contributed by atoms with E-state index in [2.05, 4.69) is 20.8 Å². The lowest BCUT2D eigenvalue weighted by atomic mass is 9.43. The third kappa shape index (κ3) is 2.76. The number of hydrogen-bond acceptors (Lipinski definition) is 5. The molecular weight excluding hydrogens is 356 g/mol. The summed E-state index contributed by atoms with van der Waals surface area (Å²) in [6.07, 6.45) is 6.95. The van der Waals surface area contributed by atoms with Crippen molar-refractivity contribution in [2.75, 3.05) is 19.8 Å². The first-order valence-electron chi connectivity index (χ1n) is 11.3. The fourth-order valence-corrected chi connectivity index (χ4v) is 7.57. The number of aliphatic hydroxyl groups excluding tert-OH is 2. The summed E-state index contributed by atoms with van der Waals surface area (Å²) in [4.78, 5) is 0. The molecule has 2 N–H and O–H groups in total. The maximum Gasteiger partial charge on any atom is 0.163 e. The minimum Gasteiger partial charge on any atom is -0.396 e. The van der Waals surface area contributed by atoms with E-state index in [1.165, 1.54) is 6.42 Å². The molecule has 28 heavy (non-hydrogen) atoms. The molecule has 0 aromatic heterocycles. The van der Waals surface area contributed by atoms with E-state index in [-0.39, 0.29) is 35.7 Å². The number of hydrogen-bond donors (Lipinski definition) is 2. The number of ether oxygens (including phenoxy) is 3. The predicted octanol–water partition coefficient (Wildman–Crippen LogP) is 3.65. The van der Waals surface area contributed by atoms with E-state index in [0.717, 1.165) is 38.7 Å². The van der Waals surface area contributed by atoms with Gasteiger partial charge in [0.15, 0.2) is 5.79 Å². The van der Waals surface area contributed by atoms with Gasteiger partial charge >= 0.3 is 0 Å². The molecule has 1 spiro atoms. The zero-order chi connectivity index (χ0) is 20.4. The van der Waals surface area contributed by atoms with E-state index in [4.69, 9.17) is 14.2 Å². The molecule has 2 saturated carbocycles. The summed E-state index contributed by atoms with van der Waals surface area (Å²) in [6, 6.07) is 0. The quantitative estimate of drug-likeness (QED) is 0.762. The molecule has 7 atom stereocenters. The van der Waals surface area contributed by atoms with Crippen molar-refractivity contribution >= 4 is 0 Å². The molecule has 4 fully saturated rings. The van der Waals surface area contributed by atoms with E-state index in [1.807, 2.05) is 13.8 Å². The summed E-state index contributed by atoms with van der Waals surface area (Å²) in [6.45, 7) is 12.0. The van der Waals surface area contributed by atoms with Crippen molar-refractivity contribution in [3.63, 3.8) is 0 Å². The first-order chi connectivity index (χ1) is 13.1. The van der Waals surface area contributed by atoms with Crippen LogP contribution in [-0.4, -0.2) is 53.1 Å². The third-order valence-electron chi connectivity index (χ3n) is 9.24. The third-order valence-corrected chi connectivity index (χ3v) is 9.24. The molecule has 162 valence electrons. The van der Waals surface area contributed by atoms with Crippen molar-refractivity contribution in [3.05, 3.63) is 0 Å². The highest BCUT2D eigenvalue weighted by Crippen LogP contribution is 2.69. The van der Waals surface area contributed by atoms with E-state index in [1.54, 1.807) is 0 Å². The molecule has 5 nitrogen and oxygen atoms in total. The second-order valence-electron chi connectivity index (χ2n) is 11.1. The first kappa shape index (κ1) is 21.0. The lowest BCUT2D eigenvalue weighted by Crippen LogP contribution is -2.69. The topological polar surface area (TPSA) is 68.2 Å². The highest BCUT2D eigenvalue weighted by atomic mass is 16.7. The van der Waals surface area contributed by atoms with Gasteiger partial charge in [-0.05, 0) is 64.2 Å². The Morgan fingerprint density at radius 1 is 0.964 bits per heavy atom. The van der Waals surface area contributed by atoms with Crippen molar-refractivity contribution in [1.82, 2.24) is 0 Å². The van der Waals surface area contributed by atoms with Gasteiger partial charge in [-0.25, -0.2) is 0 Å². The Balaban J connectivity index is 1.70. The maximum atomic E-state index is 10.1. The molecule has 2 saturated heterocycles. The summed E-state index contributed by atoms with van der Waals surface area (Å²) in [5, 5.41) is 19.7. The molecule has 2 aliphatic carbocycles. The number of fused-ring (bicyclic) bond motifs is 4. The fourth-order valence-electron chi connectivity index (χ4n) is 7.57. The normalized spacial score (nSPS) is 53.0. The summed E-state index contributed by atoms with van der Waals surface area (Å²) in [5.74, 6) is 0.409. The molecule has 4 rings (SSSR count). The van der Waals surface area contributed by atoms with Crippen LogP contribution < -0.4 is 0 Å². The van der Waals surface area contributed by atoms with E-state index >= 15 is 0 Å². The summed E-state index contributed by atoms with van der Waals surface area (Å²) in [5.41, 5.74) is -0.820. The monoisotopic (exact) mass is 396 g/mol. The van der Waals surface area contributed by atoms with Gasteiger partial charge in [0, 0.05) is 23.9 Å². The molecule has 5 heteroatoms. The van der Waals surface area contributed by atoms with Crippen molar-refractivity contribution in [3.8, 4) is 0 Å². The zero-order valence-electron chi connectivity index (χ0n) is 18.4. The van der Waals surface area contributed by atoms with E-state index in [0.29, 0.717) is 18.3 Å². The molecular formula is C23H40O5. The zero-order valence-corrected chi connectivity index (χ0v) is 18.4. The van der Waals surface area contributed by atoms with Crippen LogP contribution in [0.2, 0.25) is 0 Å². The van der Waals surface area contributed by atoms with Crippen LogP contribution in [0, 0.1) is 22.7 Å². The smallest absolute Gasteiger partial charge is 0.163 e. The fraction of sp³-hybridized carbons (Fsp3) is 1.00. The minimum absolute atomic E-state index is 0.0108. The van der Waals surface area contributed by atoms with Crippen LogP contribution in [-0.2, 0) is 14.2 Å². The molecule has 4 aliphatic rings. The van der Waals surface area contributed by atoms with Gasteiger partial charge in [-0.3, -0.25) is 0 Å². The van der Waals surface area contributed by atoms with Gasteiger partial charge in [-0.1, -0.05) is 20.8 Å². The molecule has 2 aliphatic heterocycles. The Morgan fingerprint density at radius 2 is 1.71 bits per heavy atom. The maximum absolute atomic E-state index is 10.1.